The van der Waals surface area contributed by atoms with Gasteiger partial charge in [0.05, 0.1) is 5.69 Å². The van der Waals surface area contributed by atoms with Crippen molar-refractivity contribution in [3.8, 4) is 0 Å². The molecule has 0 spiro atoms. The topological polar surface area (TPSA) is 70.7 Å². The van der Waals surface area contributed by atoms with Crippen molar-refractivity contribution in [3.05, 3.63) is 65.6 Å². The van der Waals surface area contributed by atoms with Crippen molar-refractivity contribution in [1.82, 2.24) is 5.32 Å². The van der Waals surface area contributed by atoms with E-state index in [4.69, 9.17) is 17.3 Å². The van der Waals surface area contributed by atoms with Gasteiger partial charge < -0.3 is 11.1 Å². The first kappa shape index (κ1) is 18.3. The minimum Gasteiger partial charge on any atom is -0.404 e. The molecule has 0 unspecified atom stereocenters. The number of nitrogens with two attached hydrogens (primary N) is 1. The molecule has 1 aromatic carbocycles. The summed E-state index contributed by atoms with van der Waals surface area (Å²) < 4.78 is 0. The number of carbonyl (C=O) groups excluding carboxylic acids is 1. The number of anilines is 1. The van der Waals surface area contributed by atoms with E-state index in [0.717, 1.165) is 12.8 Å². The number of carbonyl (C=O) groups is 1. The van der Waals surface area contributed by atoms with Gasteiger partial charge in [-0.25, -0.2) is 4.99 Å². The van der Waals surface area contributed by atoms with Gasteiger partial charge >= 0.3 is 0 Å². The molecular formula is C20H23ClN4O. The molecule has 26 heavy (non-hydrogen) atoms. The van der Waals surface area contributed by atoms with Crippen LogP contribution in [0.3, 0.4) is 0 Å². The summed E-state index contributed by atoms with van der Waals surface area (Å²) >= 11 is 5.97. The van der Waals surface area contributed by atoms with Crippen LogP contribution in [0.1, 0.15) is 32.1 Å². The highest BCUT2D eigenvalue weighted by Gasteiger charge is 2.26. The molecule has 0 radical (unpaired) electrons. The molecule has 1 aromatic rings. The Morgan fingerprint density at radius 3 is 2.58 bits per heavy atom. The number of aliphatic imine (C=N–C) groups is 1. The molecule has 3 N–H and O–H groups in total. The van der Waals surface area contributed by atoms with E-state index in [1.807, 2.05) is 0 Å². The Labute approximate surface area is 158 Å². The van der Waals surface area contributed by atoms with Crippen LogP contribution in [0.15, 0.2) is 65.6 Å². The average molecular weight is 371 g/mol. The number of nitrogens with one attached hydrogen (secondary N) is 1. The minimum atomic E-state index is -0.192. The highest BCUT2D eigenvalue weighted by Crippen LogP contribution is 2.25. The Kier molecular flexibility index (Phi) is 5.78. The molecule has 1 saturated carbocycles. The van der Waals surface area contributed by atoms with Crippen LogP contribution in [0.4, 0.5) is 5.69 Å². The SMILES string of the molecule is C=C(/N=C1\C(=C/N)C=CC(=O)N1c1ccc(Cl)cc1)NC1CCCCC1. The van der Waals surface area contributed by atoms with Gasteiger partial charge in [-0.05, 0) is 43.2 Å². The van der Waals surface area contributed by atoms with Gasteiger partial charge in [0, 0.05) is 28.9 Å². The van der Waals surface area contributed by atoms with E-state index in [9.17, 15) is 4.79 Å². The lowest BCUT2D eigenvalue weighted by Crippen LogP contribution is -2.40. The summed E-state index contributed by atoms with van der Waals surface area (Å²) in [7, 11) is 0. The third kappa shape index (κ3) is 4.17. The first-order chi connectivity index (χ1) is 12.6. The Morgan fingerprint density at radius 2 is 1.92 bits per heavy atom. The predicted molar refractivity (Wildman–Crippen MR) is 107 cm³/mol. The highest BCUT2D eigenvalue weighted by molar-refractivity contribution is 6.31. The van der Waals surface area contributed by atoms with Crippen molar-refractivity contribution in [2.45, 2.75) is 38.1 Å². The van der Waals surface area contributed by atoms with Crippen LogP contribution in [-0.2, 0) is 4.79 Å². The van der Waals surface area contributed by atoms with Crippen molar-refractivity contribution >= 4 is 29.0 Å². The van der Waals surface area contributed by atoms with Crippen LogP contribution in [0.25, 0.3) is 0 Å². The van der Waals surface area contributed by atoms with Gasteiger partial charge in [-0.2, -0.15) is 0 Å². The molecule has 6 heteroatoms. The van der Waals surface area contributed by atoms with Crippen molar-refractivity contribution in [2.24, 2.45) is 10.7 Å². The van der Waals surface area contributed by atoms with Gasteiger partial charge in [0.25, 0.3) is 5.91 Å². The maximum Gasteiger partial charge on any atom is 0.256 e. The maximum atomic E-state index is 12.5. The molecule has 0 bridgehead atoms. The van der Waals surface area contributed by atoms with Crippen LogP contribution in [0.5, 0.6) is 0 Å². The zero-order valence-electron chi connectivity index (χ0n) is 14.6. The summed E-state index contributed by atoms with van der Waals surface area (Å²) in [6.45, 7) is 4.03. The molecule has 1 aliphatic heterocycles. The number of benzene rings is 1. The zero-order valence-corrected chi connectivity index (χ0v) is 15.4. The number of rotatable bonds is 4. The van der Waals surface area contributed by atoms with Crippen molar-refractivity contribution < 1.29 is 4.79 Å². The molecule has 1 heterocycles. The van der Waals surface area contributed by atoms with Gasteiger partial charge in [-0.1, -0.05) is 37.4 Å². The number of hydrogen-bond acceptors (Lipinski definition) is 4. The molecular weight excluding hydrogens is 348 g/mol. The van der Waals surface area contributed by atoms with Gasteiger partial charge in [-0.3, -0.25) is 9.69 Å². The first-order valence-electron chi connectivity index (χ1n) is 8.82. The van der Waals surface area contributed by atoms with E-state index >= 15 is 0 Å². The number of nitrogens with zero attached hydrogens (tertiary/aromatic N) is 2. The second kappa shape index (κ2) is 8.23. The van der Waals surface area contributed by atoms with Crippen LogP contribution in [0.2, 0.25) is 5.02 Å². The van der Waals surface area contributed by atoms with Crippen LogP contribution in [0, 0.1) is 0 Å². The zero-order chi connectivity index (χ0) is 18.5. The normalized spacial score (nSPS) is 21.4. The number of amidine groups is 1. The Bertz CT molecular complexity index is 774. The summed E-state index contributed by atoms with van der Waals surface area (Å²) in [5, 5.41) is 3.98. The van der Waals surface area contributed by atoms with Crippen molar-refractivity contribution in [2.75, 3.05) is 4.90 Å². The molecule has 1 fully saturated rings. The smallest absolute Gasteiger partial charge is 0.256 e. The van der Waals surface area contributed by atoms with E-state index in [1.54, 1.807) is 30.3 Å². The Hall–Kier alpha value is -2.53. The highest BCUT2D eigenvalue weighted by atomic mass is 35.5. The number of hydrogen-bond donors (Lipinski definition) is 2. The monoisotopic (exact) mass is 370 g/mol. The molecule has 1 amide bonds. The second-order valence-electron chi connectivity index (χ2n) is 6.47. The molecule has 1 aliphatic carbocycles. The molecule has 0 saturated heterocycles. The molecule has 3 rings (SSSR count). The minimum absolute atomic E-state index is 0.192. The van der Waals surface area contributed by atoms with Crippen LogP contribution < -0.4 is 16.0 Å². The average Bonchev–Trinajstić information content (AvgIpc) is 2.64. The summed E-state index contributed by atoms with van der Waals surface area (Å²) in [6.07, 6.45) is 10.5. The summed E-state index contributed by atoms with van der Waals surface area (Å²) in [4.78, 5) is 18.6. The number of amides is 1. The summed E-state index contributed by atoms with van der Waals surface area (Å²) in [6, 6.07) is 7.41. The fourth-order valence-electron chi connectivity index (χ4n) is 3.27. The van der Waals surface area contributed by atoms with E-state index in [-0.39, 0.29) is 5.91 Å². The van der Waals surface area contributed by atoms with E-state index < -0.39 is 0 Å². The van der Waals surface area contributed by atoms with Crippen LogP contribution >= 0.6 is 11.6 Å². The van der Waals surface area contributed by atoms with E-state index in [1.165, 1.54) is 36.4 Å². The fourth-order valence-corrected chi connectivity index (χ4v) is 3.40. The maximum absolute atomic E-state index is 12.5. The second-order valence-corrected chi connectivity index (χ2v) is 6.90. The van der Waals surface area contributed by atoms with Gasteiger partial charge in [0.2, 0.25) is 0 Å². The van der Waals surface area contributed by atoms with Gasteiger partial charge in [-0.15, -0.1) is 0 Å². The van der Waals surface area contributed by atoms with Crippen molar-refractivity contribution in [1.29, 1.82) is 0 Å². The molecule has 0 aromatic heterocycles. The molecule has 5 nitrogen and oxygen atoms in total. The summed E-state index contributed by atoms with van der Waals surface area (Å²) in [5.74, 6) is 0.797. The third-order valence-electron chi connectivity index (χ3n) is 4.58. The summed E-state index contributed by atoms with van der Waals surface area (Å²) in [5.41, 5.74) is 7.09. The molecule has 136 valence electrons. The number of halogens is 1. The Balaban J connectivity index is 1.90. The van der Waals surface area contributed by atoms with Gasteiger partial charge in [0.15, 0.2) is 5.84 Å². The molecule has 0 atom stereocenters. The van der Waals surface area contributed by atoms with E-state index in [0.29, 0.717) is 34.0 Å². The third-order valence-corrected chi connectivity index (χ3v) is 4.83. The fraction of sp³-hybridized carbons (Fsp3) is 0.300. The standard InChI is InChI=1S/C20H23ClN4O/c1-14(23-17-5-3-2-4-6-17)24-20-15(13-22)7-12-19(26)25(20)18-10-8-16(21)9-11-18/h7-13,17,23H,1-6,22H2/b15-13-,24-20+. The first-order valence-corrected chi connectivity index (χ1v) is 9.20. The van der Waals surface area contributed by atoms with Crippen molar-refractivity contribution in [3.63, 3.8) is 0 Å². The largest absolute Gasteiger partial charge is 0.404 e. The molecule has 2 aliphatic rings. The Morgan fingerprint density at radius 1 is 1.23 bits per heavy atom. The van der Waals surface area contributed by atoms with Gasteiger partial charge in [0.1, 0.15) is 5.82 Å². The lowest BCUT2D eigenvalue weighted by atomic mass is 9.96. The lowest BCUT2D eigenvalue weighted by molar-refractivity contribution is -0.113. The van der Waals surface area contributed by atoms with Crippen LogP contribution in [-0.4, -0.2) is 17.8 Å². The van der Waals surface area contributed by atoms with E-state index in [2.05, 4.69) is 16.9 Å². The quantitative estimate of drug-likeness (QED) is 0.844. The lowest BCUT2D eigenvalue weighted by Gasteiger charge is -2.28. The predicted octanol–water partition coefficient (Wildman–Crippen LogP) is 3.88.